The average molecular weight is 374 g/mol. The van der Waals surface area contributed by atoms with E-state index in [9.17, 15) is 4.79 Å². The van der Waals surface area contributed by atoms with E-state index in [4.69, 9.17) is 10.00 Å². The third-order valence-electron chi connectivity index (χ3n) is 4.61. The molecular weight excluding hydrogens is 352 g/mol. The van der Waals surface area contributed by atoms with Crippen molar-refractivity contribution in [2.75, 3.05) is 25.5 Å². The quantitative estimate of drug-likeness (QED) is 0.619. The van der Waals surface area contributed by atoms with Gasteiger partial charge in [-0.05, 0) is 47.5 Å². The summed E-state index contributed by atoms with van der Waals surface area (Å²) < 4.78 is 5.25. The summed E-state index contributed by atoms with van der Waals surface area (Å²) in [5, 5.41) is 17.2. The molecule has 3 aromatic rings. The van der Waals surface area contributed by atoms with Gasteiger partial charge in [0.25, 0.3) is 0 Å². The first-order chi connectivity index (χ1) is 13.6. The molecule has 0 aliphatic carbocycles. The fourth-order valence-electron chi connectivity index (χ4n) is 2.95. The van der Waals surface area contributed by atoms with Crippen LogP contribution in [0.5, 0.6) is 5.75 Å². The van der Waals surface area contributed by atoms with Crippen molar-refractivity contribution < 1.29 is 9.53 Å². The number of carbonyl (C=O) groups excluding carboxylic acids is 1. The SMILES string of the molecule is COc1ccc2cc([C@H](C)C(=O)NCCNc3ncccc3C#N)ccc2c1. The van der Waals surface area contributed by atoms with Crippen molar-refractivity contribution in [1.29, 1.82) is 5.26 Å². The number of nitriles is 1. The lowest BCUT2D eigenvalue weighted by molar-refractivity contribution is -0.122. The minimum absolute atomic E-state index is 0.0452. The van der Waals surface area contributed by atoms with Crippen LogP contribution >= 0.6 is 0 Å². The van der Waals surface area contributed by atoms with Crippen LogP contribution in [0.4, 0.5) is 5.82 Å². The Morgan fingerprint density at radius 3 is 2.75 bits per heavy atom. The largest absolute Gasteiger partial charge is 0.497 e. The first kappa shape index (κ1) is 19.2. The summed E-state index contributed by atoms with van der Waals surface area (Å²) in [5.74, 6) is 1.02. The molecule has 0 fully saturated rings. The van der Waals surface area contributed by atoms with Crippen LogP contribution in [-0.2, 0) is 4.79 Å². The van der Waals surface area contributed by atoms with Crippen LogP contribution in [-0.4, -0.2) is 31.1 Å². The van der Waals surface area contributed by atoms with Crippen LogP contribution in [0.15, 0.2) is 54.7 Å². The zero-order valence-corrected chi connectivity index (χ0v) is 15.9. The van der Waals surface area contributed by atoms with Gasteiger partial charge in [0, 0.05) is 19.3 Å². The zero-order valence-electron chi connectivity index (χ0n) is 15.9. The monoisotopic (exact) mass is 374 g/mol. The number of rotatable bonds is 7. The number of anilines is 1. The molecule has 6 nitrogen and oxygen atoms in total. The molecule has 0 aliphatic heterocycles. The van der Waals surface area contributed by atoms with Crippen molar-refractivity contribution in [3.63, 3.8) is 0 Å². The molecule has 0 saturated heterocycles. The molecule has 3 rings (SSSR count). The van der Waals surface area contributed by atoms with E-state index in [-0.39, 0.29) is 11.8 Å². The highest BCUT2D eigenvalue weighted by molar-refractivity contribution is 5.88. The molecule has 0 spiro atoms. The van der Waals surface area contributed by atoms with Crippen molar-refractivity contribution in [2.24, 2.45) is 0 Å². The van der Waals surface area contributed by atoms with Crippen molar-refractivity contribution in [3.05, 3.63) is 65.9 Å². The number of carbonyl (C=O) groups is 1. The Hall–Kier alpha value is -3.59. The predicted octanol–water partition coefficient (Wildman–Crippen LogP) is 3.45. The van der Waals surface area contributed by atoms with E-state index in [0.29, 0.717) is 24.5 Å². The number of ether oxygens (including phenoxy) is 1. The van der Waals surface area contributed by atoms with E-state index in [0.717, 1.165) is 22.1 Å². The van der Waals surface area contributed by atoms with Gasteiger partial charge >= 0.3 is 0 Å². The van der Waals surface area contributed by atoms with Gasteiger partial charge in [0.15, 0.2) is 0 Å². The van der Waals surface area contributed by atoms with Gasteiger partial charge in [0.1, 0.15) is 17.6 Å². The molecule has 1 amide bonds. The summed E-state index contributed by atoms with van der Waals surface area (Å²) in [6.07, 6.45) is 1.62. The predicted molar refractivity (Wildman–Crippen MR) is 109 cm³/mol. The van der Waals surface area contributed by atoms with E-state index < -0.39 is 0 Å². The summed E-state index contributed by atoms with van der Waals surface area (Å²) in [5.41, 5.74) is 1.44. The second-order valence-electron chi connectivity index (χ2n) is 6.42. The van der Waals surface area contributed by atoms with E-state index in [1.165, 1.54) is 0 Å². The summed E-state index contributed by atoms with van der Waals surface area (Å²) in [6.45, 7) is 2.82. The number of nitrogens with zero attached hydrogens (tertiary/aromatic N) is 2. The summed E-state index contributed by atoms with van der Waals surface area (Å²) in [6, 6.07) is 17.4. The van der Waals surface area contributed by atoms with Crippen LogP contribution in [0.1, 0.15) is 24.0 Å². The fourth-order valence-corrected chi connectivity index (χ4v) is 2.95. The van der Waals surface area contributed by atoms with Gasteiger partial charge in [0.2, 0.25) is 5.91 Å². The fraction of sp³-hybridized carbons (Fsp3) is 0.227. The van der Waals surface area contributed by atoms with Gasteiger partial charge in [-0.15, -0.1) is 0 Å². The van der Waals surface area contributed by atoms with Crippen LogP contribution in [0.2, 0.25) is 0 Å². The van der Waals surface area contributed by atoms with E-state index in [1.54, 1.807) is 25.4 Å². The van der Waals surface area contributed by atoms with Crippen LogP contribution in [0, 0.1) is 11.3 Å². The van der Waals surface area contributed by atoms with Crippen LogP contribution in [0.3, 0.4) is 0 Å². The van der Waals surface area contributed by atoms with E-state index in [1.807, 2.05) is 43.3 Å². The van der Waals surface area contributed by atoms with Gasteiger partial charge in [0.05, 0.1) is 18.6 Å². The Kier molecular flexibility index (Phi) is 6.07. The Bertz CT molecular complexity index is 1030. The van der Waals surface area contributed by atoms with Gasteiger partial charge in [-0.3, -0.25) is 4.79 Å². The zero-order chi connectivity index (χ0) is 19.9. The smallest absolute Gasteiger partial charge is 0.227 e. The van der Waals surface area contributed by atoms with Crippen molar-refractivity contribution >= 4 is 22.5 Å². The maximum absolute atomic E-state index is 12.5. The Labute approximate surface area is 164 Å². The Morgan fingerprint density at radius 2 is 1.96 bits per heavy atom. The molecule has 0 saturated carbocycles. The number of aromatic nitrogens is 1. The maximum atomic E-state index is 12.5. The van der Waals surface area contributed by atoms with Crippen molar-refractivity contribution in [3.8, 4) is 11.8 Å². The number of benzene rings is 2. The molecule has 1 aromatic heterocycles. The second kappa shape index (κ2) is 8.87. The number of methoxy groups -OCH3 is 1. The molecule has 2 aromatic carbocycles. The summed E-state index contributed by atoms with van der Waals surface area (Å²) in [4.78, 5) is 16.6. The lowest BCUT2D eigenvalue weighted by atomic mass is 9.97. The number of pyridine rings is 1. The molecule has 2 N–H and O–H groups in total. The number of fused-ring (bicyclic) bond motifs is 1. The van der Waals surface area contributed by atoms with Crippen LogP contribution in [0.25, 0.3) is 10.8 Å². The van der Waals surface area contributed by atoms with Crippen LogP contribution < -0.4 is 15.4 Å². The van der Waals surface area contributed by atoms with Gasteiger partial charge in [-0.1, -0.05) is 24.3 Å². The number of nitrogens with one attached hydrogen (secondary N) is 2. The lowest BCUT2D eigenvalue weighted by Crippen LogP contribution is -2.32. The van der Waals surface area contributed by atoms with Crippen molar-refractivity contribution in [1.82, 2.24) is 10.3 Å². The third-order valence-corrected chi connectivity index (χ3v) is 4.61. The molecule has 142 valence electrons. The van der Waals surface area contributed by atoms with Crippen molar-refractivity contribution in [2.45, 2.75) is 12.8 Å². The maximum Gasteiger partial charge on any atom is 0.227 e. The standard InChI is InChI=1S/C22H22N4O2/c1-15(16-5-6-18-13-20(28-2)8-7-17(18)12-16)22(27)26-11-10-25-21-19(14-23)4-3-9-24-21/h3-9,12-13,15H,10-11H2,1-2H3,(H,24,25)(H,26,27)/t15-/m0/s1. The minimum Gasteiger partial charge on any atom is -0.497 e. The van der Waals surface area contributed by atoms with Gasteiger partial charge in [-0.25, -0.2) is 4.98 Å². The van der Waals surface area contributed by atoms with E-state index >= 15 is 0 Å². The third kappa shape index (κ3) is 4.38. The topological polar surface area (TPSA) is 87.0 Å². The first-order valence-electron chi connectivity index (χ1n) is 9.07. The molecule has 0 unspecified atom stereocenters. The highest BCUT2D eigenvalue weighted by atomic mass is 16.5. The second-order valence-corrected chi connectivity index (χ2v) is 6.42. The number of hydrogen-bond donors (Lipinski definition) is 2. The molecule has 0 bridgehead atoms. The average Bonchev–Trinajstić information content (AvgIpc) is 2.75. The van der Waals surface area contributed by atoms with Gasteiger partial charge < -0.3 is 15.4 Å². The molecule has 6 heteroatoms. The molecule has 1 heterocycles. The van der Waals surface area contributed by atoms with E-state index in [2.05, 4.69) is 21.7 Å². The highest BCUT2D eigenvalue weighted by Gasteiger charge is 2.15. The first-order valence-corrected chi connectivity index (χ1v) is 9.07. The summed E-state index contributed by atoms with van der Waals surface area (Å²) in [7, 11) is 1.64. The summed E-state index contributed by atoms with van der Waals surface area (Å²) >= 11 is 0. The lowest BCUT2D eigenvalue weighted by Gasteiger charge is -2.14. The number of hydrogen-bond acceptors (Lipinski definition) is 5. The normalized spacial score (nSPS) is 11.5. The molecule has 0 radical (unpaired) electrons. The molecule has 0 aliphatic rings. The number of amides is 1. The van der Waals surface area contributed by atoms with Gasteiger partial charge in [-0.2, -0.15) is 5.26 Å². The minimum atomic E-state index is -0.268. The Morgan fingerprint density at radius 1 is 1.18 bits per heavy atom. The highest BCUT2D eigenvalue weighted by Crippen LogP contribution is 2.25. The Balaban J connectivity index is 1.57. The molecular formula is C22H22N4O2. The molecule has 1 atom stereocenters. The molecule has 28 heavy (non-hydrogen) atoms.